The van der Waals surface area contributed by atoms with E-state index in [0.717, 1.165) is 70.1 Å². The van der Waals surface area contributed by atoms with Gasteiger partial charge < -0.3 is 24.8 Å². The average Bonchev–Trinajstić information content (AvgIpc) is 3.50. The zero-order valence-corrected chi connectivity index (χ0v) is 24.1. The SMILES string of the molecule is CN1CCCC1COc1nc2c(c(N3C[C@H]4CC[C@@H](C3)N4)n1)CCN(c1ccc(Br)c3cccc(Cl)c13)C2. The summed E-state index contributed by atoms with van der Waals surface area (Å²) in [4.78, 5) is 17.4. The van der Waals surface area contributed by atoms with Gasteiger partial charge in [0.1, 0.15) is 12.4 Å². The van der Waals surface area contributed by atoms with Gasteiger partial charge in [-0.3, -0.25) is 0 Å². The molecule has 1 unspecified atom stereocenters. The highest BCUT2D eigenvalue weighted by Crippen LogP contribution is 2.40. The van der Waals surface area contributed by atoms with Crippen molar-refractivity contribution in [2.45, 2.75) is 56.8 Å². The van der Waals surface area contributed by atoms with Crippen LogP contribution in [-0.4, -0.2) is 72.8 Å². The maximum Gasteiger partial charge on any atom is 0.318 e. The number of halogens is 2. The summed E-state index contributed by atoms with van der Waals surface area (Å²) in [6.07, 6.45) is 5.79. The molecule has 0 amide bonds. The number of likely N-dealkylation sites (N-methyl/N-ethyl adjacent to an activating group) is 1. The molecular weight excluding hydrogens is 564 g/mol. The van der Waals surface area contributed by atoms with Gasteiger partial charge in [0.15, 0.2) is 0 Å². The Labute approximate surface area is 237 Å². The number of nitrogens with one attached hydrogen (secondary N) is 1. The number of nitrogens with zero attached hydrogens (tertiary/aromatic N) is 5. The van der Waals surface area contributed by atoms with E-state index in [4.69, 9.17) is 26.3 Å². The second-order valence-corrected chi connectivity index (χ2v) is 12.5. The summed E-state index contributed by atoms with van der Waals surface area (Å²) in [6, 6.07) is 12.5. The third-order valence-corrected chi connectivity index (χ3v) is 9.88. The molecule has 3 atom stereocenters. The lowest BCUT2D eigenvalue weighted by Crippen LogP contribution is -2.52. The quantitative estimate of drug-likeness (QED) is 0.443. The number of likely N-dealkylation sites (tertiary alicyclic amines) is 1. The highest BCUT2D eigenvalue weighted by Gasteiger charge is 2.35. The Morgan fingerprint density at radius 1 is 1.05 bits per heavy atom. The van der Waals surface area contributed by atoms with Crippen molar-refractivity contribution in [1.29, 1.82) is 0 Å². The topological polar surface area (TPSA) is 56.8 Å². The Balaban J connectivity index is 1.24. The molecule has 9 heteroatoms. The van der Waals surface area contributed by atoms with Crippen LogP contribution in [0.2, 0.25) is 5.02 Å². The van der Waals surface area contributed by atoms with Crippen molar-refractivity contribution < 1.29 is 4.74 Å². The fourth-order valence-corrected chi connectivity index (χ4v) is 7.56. The number of piperazine rings is 1. The first-order chi connectivity index (χ1) is 18.5. The number of benzene rings is 2. The van der Waals surface area contributed by atoms with Crippen LogP contribution in [0.5, 0.6) is 6.01 Å². The van der Waals surface area contributed by atoms with Crippen LogP contribution >= 0.6 is 27.5 Å². The fraction of sp³-hybridized carbons (Fsp3) is 0.517. The minimum absolute atomic E-state index is 0.431. The first-order valence-corrected chi connectivity index (χ1v) is 15.1. The van der Waals surface area contributed by atoms with Crippen LogP contribution in [0.15, 0.2) is 34.8 Å². The molecule has 4 aliphatic rings. The minimum Gasteiger partial charge on any atom is -0.462 e. The molecule has 3 fully saturated rings. The van der Waals surface area contributed by atoms with Gasteiger partial charge in [0, 0.05) is 58.9 Å². The summed E-state index contributed by atoms with van der Waals surface area (Å²) in [6.45, 7) is 5.39. The van der Waals surface area contributed by atoms with Crippen LogP contribution in [-0.2, 0) is 13.0 Å². The maximum atomic E-state index is 6.74. The highest BCUT2D eigenvalue weighted by atomic mass is 79.9. The molecule has 200 valence electrons. The number of aromatic nitrogens is 2. The minimum atomic E-state index is 0.431. The number of hydrogen-bond acceptors (Lipinski definition) is 7. The van der Waals surface area contributed by atoms with Gasteiger partial charge in [-0.2, -0.15) is 9.97 Å². The highest BCUT2D eigenvalue weighted by molar-refractivity contribution is 9.10. The van der Waals surface area contributed by atoms with E-state index in [-0.39, 0.29) is 0 Å². The summed E-state index contributed by atoms with van der Waals surface area (Å²) < 4.78 is 7.38. The molecule has 3 saturated heterocycles. The van der Waals surface area contributed by atoms with Gasteiger partial charge in [-0.15, -0.1) is 0 Å². The third-order valence-electron chi connectivity index (χ3n) is 8.87. The molecule has 0 radical (unpaired) electrons. The fourth-order valence-electron chi connectivity index (χ4n) is 6.82. The van der Waals surface area contributed by atoms with Crippen LogP contribution in [0, 0.1) is 0 Å². The van der Waals surface area contributed by atoms with Gasteiger partial charge in [0.2, 0.25) is 0 Å². The molecular formula is C29H34BrClN6O. The summed E-state index contributed by atoms with van der Waals surface area (Å²) in [5.74, 6) is 1.08. The molecule has 7 rings (SSSR count). The van der Waals surface area contributed by atoms with Crippen LogP contribution in [0.3, 0.4) is 0 Å². The summed E-state index contributed by atoms with van der Waals surface area (Å²) >= 11 is 10.5. The van der Waals surface area contributed by atoms with Crippen molar-refractivity contribution in [2.75, 3.05) is 49.6 Å². The summed E-state index contributed by atoms with van der Waals surface area (Å²) in [7, 11) is 2.18. The monoisotopic (exact) mass is 596 g/mol. The van der Waals surface area contributed by atoms with Crippen molar-refractivity contribution in [3.05, 3.63) is 51.1 Å². The largest absolute Gasteiger partial charge is 0.462 e. The van der Waals surface area contributed by atoms with E-state index in [9.17, 15) is 0 Å². The number of ether oxygens (including phenoxy) is 1. The normalized spacial score (nSPS) is 25.3. The molecule has 7 nitrogen and oxygen atoms in total. The number of rotatable bonds is 5. The predicted octanol–water partition coefficient (Wildman–Crippen LogP) is 5.02. The van der Waals surface area contributed by atoms with Crippen molar-refractivity contribution in [2.24, 2.45) is 0 Å². The van der Waals surface area contributed by atoms with Crippen LogP contribution in [0.1, 0.15) is 36.9 Å². The standard InChI is InChI=1S/C29H34BrClN6O/c1-35-12-3-4-20(35)17-38-29-33-25-16-36(26-10-9-23(30)21-5-2-6-24(31)27(21)26)13-11-22(25)28(34-29)37-14-18-7-8-19(15-37)32-18/h2,5-6,9-10,18-20,32H,3-4,7-8,11-17H2,1H3/t18-,19+,20?. The molecule has 0 spiro atoms. The Kier molecular flexibility index (Phi) is 6.63. The molecule has 3 aromatic rings. The van der Waals surface area contributed by atoms with Gasteiger partial charge in [-0.25, -0.2) is 0 Å². The second-order valence-electron chi connectivity index (χ2n) is 11.3. The van der Waals surface area contributed by atoms with Crippen molar-refractivity contribution >= 4 is 49.8 Å². The molecule has 2 bridgehead atoms. The zero-order chi connectivity index (χ0) is 25.8. The second kappa shape index (κ2) is 10.1. The van der Waals surface area contributed by atoms with Crippen LogP contribution < -0.4 is 19.9 Å². The van der Waals surface area contributed by atoms with E-state index in [1.807, 2.05) is 12.1 Å². The lowest BCUT2D eigenvalue weighted by molar-refractivity contribution is 0.187. The van der Waals surface area contributed by atoms with E-state index in [1.54, 1.807) is 0 Å². The van der Waals surface area contributed by atoms with E-state index in [0.29, 0.717) is 37.3 Å². The zero-order valence-electron chi connectivity index (χ0n) is 21.8. The molecule has 38 heavy (non-hydrogen) atoms. The Hall–Kier alpha value is -2.13. The number of fused-ring (bicyclic) bond motifs is 4. The molecule has 1 N–H and O–H groups in total. The Morgan fingerprint density at radius 2 is 1.89 bits per heavy atom. The average molecular weight is 598 g/mol. The number of hydrogen-bond donors (Lipinski definition) is 1. The summed E-state index contributed by atoms with van der Waals surface area (Å²) in [5, 5.41) is 6.75. The first-order valence-electron chi connectivity index (χ1n) is 13.9. The molecule has 5 heterocycles. The van der Waals surface area contributed by atoms with Crippen molar-refractivity contribution in [1.82, 2.24) is 20.2 Å². The van der Waals surface area contributed by atoms with E-state index in [1.165, 1.54) is 31.2 Å². The summed E-state index contributed by atoms with van der Waals surface area (Å²) in [5.41, 5.74) is 3.50. The van der Waals surface area contributed by atoms with Gasteiger partial charge >= 0.3 is 6.01 Å². The molecule has 4 aliphatic heterocycles. The lowest BCUT2D eigenvalue weighted by atomic mass is 10.0. The maximum absolute atomic E-state index is 6.74. The molecule has 2 aromatic carbocycles. The van der Waals surface area contributed by atoms with Crippen LogP contribution in [0.25, 0.3) is 10.8 Å². The van der Waals surface area contributed by atoms with E-state index >= 15 is 0 Å². The number of anilines is 2. The van der Waals surface area contributed by atoms with Crippen molar-refractivity contribution in [3.8, 4) is 6.01 Å². The predicted molar refractivity (Wildman–Crippen MR) is 157 cm³/mol. The van der Waals surface area contributed by atoms with Gasteiger partial charge in [-0.1, -0.05) is 39.7 Å². The van der Waals surface area contributed by atoms with E-state index in [2.05, 4.69) is 61.2 Å². The first kappa shape index (κ1) is 24.9. The third kappa shape index (κ3) is 4.53. The molecule has 0 saturated carbocycles. The molecule has 1 aromatic heterocycles. The van der Waals surface area contributed by atoms with Gasteiger partial charge in [0.05, 0.1) is 17.3 Å². The van der Waals surface area contributed by atoms with Crippen molar-refractivity contribution in [3.63, 3.8) is 0 Å². The molecule has 0 aliphatic carbocycles. The Bertz CT molecular complexity index is 1360. The Morgan fingerprint density at radius 3 is 2.68 bits per heavy atom. The van der Waals surface area contributed by atoms with E-state index < -0.39 is 0 Å². The van der Waals surface area contributed by atoms with Gasteiger partial charge in [0.25, 0.3) is 0 Å². The van der Waals surface area contributed by atoms with Gasteiger partial charge in [-0.05, 0) is 69.3 Å². The smallest absolute Gasteiger partial charge is 0.318 e. The lowest BCUT2D eigenvalue weighted by Gasteiger charge is -2.37. The van der Waals surface area contributed by atoms with Crippen LogP contribution in [0.4, 0.5) is 11.5 Å².